The van der Waals surface area contributed by atoms with Gasteiger partial charge in [-0.1, -0.05) is 6.07 Å². The van der Waals surface area contributed by atoms with E-state index in [-0.39, 0.29) is 17.5 Å². The van der Waals surface area contributed by atoms with E-state index in [1.54, 1.807) is 30.3 Å². The third-order valence-electron chi connectivity index (χ3n) is 3.67. The SMILES string of the molecule is O=C(NCCCCOc1ccc(F)cc1)c1cc2c(F)cccc2s1. The molecule has 3 aromatic rings. The van der Waals surface area contributed by atoms with E-state index in [2.05, 4.69) is 5.32 Å². The summed E-state index contributed by atoms with van der Waals surface area (Å²) in [5, 5.41) is 3.31. The summed E-state index contributed by atoms with van der Waals surface area (Å²) in [6.07, 6.45) is 1.52. The quantitative estimate of drug-likeness (QED) is 0.616. The minimum Gasteiger partial charge on any atom is -0.494 e. The molecule has 130 valence electrons. The zero-order chi connectivity index (χ0) is 17.6. The number of ether oxygens (including phenoxy) is 1. The van der Waals surface area contributed by atoms with E-state index in [4.69, 9.17) is 4.74 Å². The average Bonchev–Trinajstić information content (AvgIpc) is 3.05. The van der Waals surface area contributed by atoms with Crippen molar-refractivity contribution >= 4 is 27.3 Å². The molecule has 0 atom stereocenters. The summed E-state index contributed by atoms with van der Waals surface area (Å²) in [6, 6.07) is 12.3. The lowest BCUT2D eigenvalue weighted by Crippen LogP contribution is -2.23. The second-order valence-corrected chi connectivity index (χ2v) is 6.61. The number of rotatable bonds is 7. The Hall–Kier alpha value is -2.47. The molecule has 1 heterocycles. The van der Waals surface area contributed by atoms with E-state index in [1.807, 2.05) is 0 Å². The number of carbonyl (C=O) groups excluding carboxylic acids is 1. The monoisotopic (exact) mass is 361 g/mol. The summed E-state index contributed by atoms with van der Waals surface area (Å²) in [6.45, 7) is 1.01. The minimum atomic E-state index is -0.314. The molecule has 0 bridgehead atoms. The molecule has 25 heavy (non-hydrogen) atoms. The summed E-state index contributed by atoms with van der Waals surface area (Å²) in [4.78, 5) is 12.6. The third-order valence-corrected chi connectivity index (χ3v) is 4.77. The maximum Gasteiger partial charge on any atom is 0.261 e. The molecule has 1 aromatic heterocycles. The molecule has 0 fully saturated rings. The van der Waals surface area contributed by atoms with Gasteiger partial charge >= 0.3 is 0 Å². The normalized spacial score (nSPS) is 10.8. The Balaban J connectivity index is 1.40. The molecular formula is C19H17F2NO2S. The molecule has 3 nitrogen and oxygen atoms in total. The first-order chi connectivity index (χ1) is 12.1. The Labute approximate surface area is 148 Å². The van der Waals surface area contributed by atoms with Crippen LogP contribution in [0.1, 0.15) is 22.5 Å². The van der Waals surface area contributed by atoms with Crippen LogP contribution in [0.3, 0.4) is 0 Å². The van der Waals surface area contributed by atoms with Gasteiger partial charge in [0.15, 0.2) is 0 Å². The highest BCUT2D eigenvalue weighted by Gasteiger charge is 2.11. The van der Waals surface area contributed by atoms with Crippen molar-refractivity contribution in [1.29, 1.82) is 0 Å². The van der Waals surface area contributed by atoms with E-state index in [0.717, 1.165) is 17.5 Å². The van der Waals surface area contributed by atoms with Gasteiger partial charge in [0.05, 0.1) is 11.5 Å². The zero-order valence-electron chi connectivity index (χ0n) is 13.4. The van der Waals surface area contributed by atoms with Crippen LogP contribution in [-0.4, -0.2) is 19.1 Å². The van der Waals surface area contributed by atoms with Crippen molar-refractivity contribution in [2.75, 3.05) is 13.2 Å². The third kappa shape index (κ3) is 4.54. The number of nitrogens with one attached hydrogen (secondary N) is 1. The molecule has 1 amide bonds. The zero-order valence-corrected chi connectivity index (χ0v) is 14.2. The van der Waals surface area contributed by atoms with Gasteiger partial charge in [-0.25, -0.2) is 8.78 Å². The lowest BCUT2D eigenvalue weighted by atomic mass is 10.2. The molecule has 2 aromatic carbocycles. The number of unbranched alkanes of at least 4 members (excludes halogenated alkanes) is 1. The van der Waals surface area contributed by atoms with Crippen molar-refractivity contribution in [3.05, 3.63) is 65.0 Å². The second kappa shape index (κ2) is 8.07. The highest BCUT2D eigenvalue weighted by Crippen LogP contribution is 2.27. The van der Waals surface area contributed by atoms with Gasteiger partial charge < -0.3 is 10.1 Å². The molecule has 6 heteroatoms. The number of fused-ring (bicyclic) bond motifs is 1. The standard InChI is InChI=1S/C19H17F2NO2S/c20-13-6-8-14(9-7-13)24-11-2-1-10-22-19(23)18-12-15-16(21)4-3-5-17(15)25-18/h3-9,12H,1-2,10-11H2,(H,22,23). The molecule has 0 aliphatic rings. The number of benzene rings is 2. The largest absolute Gasteiger partial charge is 0.494 e. The van der Waals surface area contributed by atoms with Crippen molar-refractivity contribution in [3.8, 4) is 5.75 Å². The van der Waals surface area contributed by atoms with Crippen molar-refractivity contribution in [2.45, 2.75) is 12.8 Å². The molecule has 0 spiro atoms. The van der Waals surface area contributed by atoms with E-state index >= 15 is 0 Å². The summed E-state index contributed by atoms with van der Waals surface area (Å²) in [7, 11) is 0. The van der Waals surface area contributed by atoms with E-state index in [9.17, 15) is 13.6 Å². The van der Waals surface area contributed by atoms with Crippen molar-refractivity contribution in [2.24, 2.45) is 0 Å². The fourth-order valence-electron chi connectivity index (χ4n) is 2.37. The lowest BCUT2D eigenvalue weighted by Gasteiger charge is -2.06. The van der Waals surface area contributed by atoms with Gasteiger partial charge in [0.25, 0.3) is 5.91 Å². The summed E-state index contributed by atoms with van der Waals surface area (Å²) < 4.78 is 32.7. The van der Waals surface area contributed by atoms with Crippen molar-refractivity contribution < 1.29 is 18.3 Å². The van der Waals surface area contributed by atoms with Gasteiger partial charge in [0.2, 0.25) is 0 Å². The second-order valence-electron chi connectivity index (χ2n) is 5.53. The van der Waals surface area contributed by atoms with Crippen LogP contribution < -0.4 is 10.1 Å². The van der Waals surface area contributed by atoms with Gasteiger partial charge in [0.1, 0.15) is 17.4 Å². The maximum atomic E-state index is 13.7. The van der Waals surface area contributed by atoms with Crippen LogP contribution in [0.4, 0.5) is 8.78 Å². The first-order valence-electron chi connectivity index (χ1n) is 7.98. The lowest BCUT2D eigenvalue weighted by molar-refractivity contribution is 0.0956. The number of thiophene rings is 1. The number of amides is 1. The van der Waals surface area contributed by atoms with Crippen LogP contribution in [0.5, 0.6) is 5.75 Å². The van der Waals surface area contributed by atoms with Crippen molar-refractivity contribution in [3.63, 3.8) is 0 Å². The van der Waals surface area contributed by atoms with Gasteiger partial charge in [-0.05, 0) is 55.3 Å². The fourth-order valence-corrected chi connectivity index (χ4v) is 3.37. The first-order valence-corrected chi connectivity index (χ1v) is 8.80. The number of halogens is 2. The maximum absolute atomic E-state index is 13.7. The molecule has 1 N–H and O–H groups in total. The van der Waals surface area contributed by atoms with Gasteiger partial charge in [-0.2, -0.15) is 0 Å². The Morgan fingerprint density at radius 3 is 2.64 bits per heavy atom. The highest BCUT2D eigenvalue weighted by molar-refractivity contribution is 7.20. The molecule has 0 saturated heterocycles. The predicted molar refractivity (Wildman–Crippen MR) is 95.2 cm³/mol. The summed E-state index contributed by atoms with van der Waals surface area (Å²) in [5.74, 6) is -0.181. The van der Waals surface area contributed by atoms with Crippen LogP contribution in [0.15, 0.2) is 48.5 Å². The Kier molecular flexibility index (Phi) is 5.60. The topological polar surface area (TPSA) is 38.3 Å². The smallest absolute Gasteiger partial charge is 0.261 e. The minimum absolute atomic E-state index is 0.194. The number of carbonyl (C=O) groups is 1. The van der Waals surface area contributed by atoms with Crippen LogP contribution in [-0.2, 0) is 0 Å². The number of hydrogen-bond acceptors (Lipinski definition) is 3. The van der Waals surface area contributed by atoms with Crippen molar-refractivity contribution in [1.82, 2.24) is 5.32 Å². The molecule has 0 aliphatic carbocycles. The van der Waals surface area contributed by atoms with Gasteiger partial charge in [0, 0.05) is 16.6 Å². The Morgan fingerprint density at radius 2 is 1.88 bits per heavy atom. The van der Waals surface area contributed by atoms with Crippen LogP contribution in [0.25, 0.3) is 10.1 Å². The predicted octanol–water partition coefficient (Wildman–Crippen LogP) is 4.77. The van der Waals surface area contributed by atoms with Gasteiger partial charge in [-0.15, -0.1) is 11.3 Å². The summed E-state index contributed by atoms with van der Waals surface area (Å²) in [5.41, 5.74) is 0. The summed E-state index contributed by atoms with van der Waals surface area (Å²) >= 11 is 1.28. The van der Waals surface area contributed by atoms with Crippen LogP contribution >= 0.6 is 11.3 Å². The highest BCUT2D eigenvalue weighted by atomic mass is 32.1. The van der Waals surface area contributed by atoms with E-state index < -0.39 is 0 Å². The van der Waals surface area contributed by atoms with Crippen LogP contribution in [0, 0.1) is 11.6 Å². The fraction of sp³-hybridized carbons (Fsp3) is 0.211. The molecule has 0 radical (unpaired) electrons. The van der Waals surface area contributed by atoms with Gasteiger partial charge in [-0.3, -0.25) is 4.79 Å². The molecular weight excluding hydrogens is 344 g/mol. The van der Waals surface area contributed by atoms with E-state index in [1.165, 1.54) is 29.5 Å². The first kappa shape index (κ1) is 17.4. The van der Waals surface area contributed by atoms with Crippen LogP contribution in [0.2, 0.25) is 0 Å². The molecule has 0 saturated carbocycles. The number of hydrogen-bond donors (Lipinski definition) is 1. The molecule has 3 rings (SSSR count). The Morgan fingerprint density at radius 1 is 1.08 bits per heavy atom. The molecule has 0 aliphatic heterocycles. The average molecular weight is 361 g/mol. The van der Waals surface area contributed by atoms with E-state index in [0.29, 0.717) is 29.2 Å². The Bertz CT molecular complexity index is 861. The molecule has 0 unspecified atom stereocenters.